The molecule has 8 N–H and O–H groups in total. The van der Waals surface area contributed by atoms with E-state index in [1.165, 1.54) is 6.92 Å². The second-order valence-corrected chi connectivity index (χ2v) is 13.8. The summed E-state index contributed by atoms with van der Waals surface area (Å²) in [6.07, 6.45) is -5.48. The largest absolute Gasteiger partial charge is 0.456 e. The van der Waals surface area contributed by atoms with Crippen LogP contribution in [0.1, 0.15) is 40.4 Å². The molecule has 0 radical (unpaired) electrons. The molecule has 6 rings (SSSR count). The van der Waals surface area contributed by atoms with E-state index in [1.54, 1.807) is 42.5 Å². The van der Waals surface area contributed by atoms with E-state index in [4.69, 9.17) is 28.8 Å². The molecule has 54 heavy (non-hydrogen) atoms. The summed E-state index contributed by atoms with van der Waals surface area (Å²) < 4.78 is 30.1. The topological polar surface area (TPSA) is 243 Å². The van der Waals surface area contributed by atoms with Gasteiger partial charge in [0.25, 0.3) is 0 Å². The number of nitrogens with one attached hydrogen (secondary N) is 2. The third kappa shape index (κ3) is 8.58. The van der Waals surface area contributed by atoms with E-state index in [9.17, 15) is 39.9 Å². The molecule has 0 aromatic heterocycles. The van der Waals surface area contributed by atoms with Crippen molar-refractivity contribution in [2.24, 2.45) is 0 Å². The van der Waals surface area contributed by atoms with E-state index < -0.39 is 91.3 Å². The Bertz CT molecular complexity index is 1700. The fourth-order valence-corrected chi connectivity index (χ4v) is 7.15. The first-order valence-corrected chi connectivity index (χ1v) is 17.8. The highest BCUT2D eigenvalue weighted by atomic mass is 16.8. The number of carbonyl (C=O) groups is 3. The SMILES string of the molecule is C[C@H](O)[C@@H](NC(=O)C1=C[C@H]2OC3(Cc4ccccc4C3)O[C@H]2[C@H](OC(=O)c2ccccc2C=CCO[C@H]2O[C@H](CO)[C@H](O)[C@H](O)[C@H]2O)C1)C(=O)NCCO. The van der Waals surface area contributed by atoms with Crippen molar-refractivity contribution < 1.29 is 68.7 Å². The number of hydrogen-bond donors (Lipinski definition) is 8. The van der Waals surface area contributed by atoms with Crippen LogP contribution >= 0.6 is 0 Å². The zero-order chi connectivity index (χ0) is 38.6. The summed E-state index contributed by atoms with van der Waals surface area (Å²) in [5, 5.41) is 64.1. The highest BCUT2D eigenvalue weighted by Crippen LogP contribution is 2.45. The van der Waals surface area contributed by atoms with Gasteiger partial charge in [-0.15, -0.1) is 0 Å². The molecule has 0 unspecified atom stereocenters. The second kappa shape index (κ2) is 17.2. The molecule has 2 aromatic rings. The van der Waals surface area contributed by atoms with E-state index in [0.717, 1.165) is 11.1 Å². The van der Waals surface area contributed by atoms with Gasteiger partial charge in [0, 0.05) is 31.4 Å². The Kier molecular flexibility index (Phi) is 12.6. The van der Waals surface area contributed by atoms with Gasteiger partial charge in [0.05, 0.1) is 31.5 Å². The van der Waals surface area contributed by atoms with Gasteiger partial charge in [-0.1, -0.05) is 54.6 Å². The molecular formula is C38H46N2O14. The molecule has 0 saturated carbocycles. The highest BCUT2D eigenvalue weighted by Gasteiger charge is 2.55. The third-order valence-electron chi connectivity index (χ3n) is 9.91. The van der Waals surface area contributed by atoms with Crippen LogP contribution in [0.5, 0.6) is 0 Å². The summed E-state index contributed by atoms with van der Waals surface area (Å²) >= 11 is 0. The summed E-state index contributed by atoms with van der Waals surface area (Å²) in [7, 11) is 0. The standard InChI is InChI=1S/C38H46N2O14/c1-20(43)29(35(48)39-12-13-41)40-34(47)24-15-26(33-27(16-24)53-38(54-33)17-22-8-2-3-9-23(22)18-38)51-36(49)25-11-5-4-7-21(25)10-6-14-50-37-32(46)31(45)30(44)28(19-42)52-37/h2-11,16,20,26-33,37,41-46H,12-15,17-19H2,1H3,(H,39,48)(H,40,47)/t20-,26+,27+,28+,29+,30-,31-,32+,33-,37-/m0/s1. The van der Waals surface area contributed by atoms with Gasteiger partial charge in [0.15, 0.2) is 12.1 Å². The Hall–Kier alpha value is -4.07. The Balaban J connectivity index is 1.18. The smallest absolute Gasteiger partial charge is 0.339 e. The van der Waals surface area contributed by atoms with Gasteiger partial charge in [-0.2, -0.15) is 0 Å². The fraction of sp³-hybridized carbons (Fsp3) is 0.500. The van der Waals surface area contributed by atoms with Gasteiger partial charge in [-0.25, -0.2) is 4.79 Å². The zero-order valence-electron chi connectivity index (χ0n) is 29.5. The molecule has 2 aliphatic heterocycles. The van der Waals surface area contributed by atoms with Crippen molar-refractivity contribution in [1.82, 2.24) is 10.6 Å². The van der Waals surface area contributed by atoms with Crippen LogP contribution in [0.25, 0.3) is 6.08 Å². The minimum Gasteiger partial charge on any atom is -0.456 e. The minimum absolute atomic E-state index is 0.0695. The number of ether oxygens (including phenoxy) is 5. The highest BCUT2D eigenvalue weighted by molar-refractivity contribution is 5.98. The Labute approximate surface area is 310 Å². The second-order valence-electron chi connectivity index (χ2n) is 13.8. The Morgan fingerprint density at radius 3 is 2.37 bits per heavy atom. The van der Waals surface area contributed by atoms with Gasteiger partial charge in [-0.3, -0.25) is 9.59 Å². The number of esters is 1. The predicted molar refractivity (Wildman–Crippen MR) is 187 cm³/mol. The lowest BCUT2D eigenvalue weighted by molar-refractivity contribution is -0.298. The summed E-state index contributed by atoms with van der Waals surface area (Å²) in [6.45, 7) is 0.216. The summed E-state index contributed by atoms with van der Waals surface area (Å²) in [5.41, 5.74) is 2.88. The predicted octanol–water partition coefficient (Wildman–Crippen LogP) is -1.37. The molecule has 0 bridgehead atoms. The van der Waals surface area contributed by atoms with Gasteiger partial charge < -0.3 is 65.0 Å². The molecular weight excluding hydrogens is 708 g/mol. The molecule has 292 valence electrons. The number of amides is 2. The molecule has 2 aliphatic carbocycles. The van der Waals surface area contributed by atoms with Crippen LogP contribution < -0.4 is 10.6 Å². The summed E-state index contributed by atoms with van der Waals surface area (Å²) in [5.74, 6) is -3.14. The van der Waals surface area contributed by atoms with Crippen molar-refractivity contribution in [3.63, 3.8) is 0 Å². The lowest BCUT2D eigenvalue weighted by atomic mass is 9.91. The monoisotopic (exact) mass is 754 g/mol. The van der Waals surface area contributed by atoms with Crippen LogP contribution in [0, 0.1) is 0 Å². The quantitative estimate of drug-likeness (QED) is 0.110. The van der Waals surface area contributed by atoms with Gasteiger partial charge in [-0.05, 0) is 35.8 Å². The Morgan fingerprint density at radius 2 is 1.69 bits per heavy atom. The molecule has 2 heterocycles. The van der Waals surface area contributed by atoms with Gasteiger partial charge in [0.2, 0.25) is 11.8 Å². The number of carbonyl (C=O) groups excluding carboxylic acids is 3. The van der Waals surface area contributed by atoms with Crippen LogP contribution in [-0.4, -0.2) is 142 Å². The van der Waals surface area contributed by atoms with Crippen molar-refractivity contribution >= 4 is 23.9 Å². The van der Waals surface area contributed by atoms with Crippen molar-refractivity contribution in [2.75, 3.05) is 26.4 Å². The number of rotatable bonds is 13. The zero-order valence-corrected chi connectivity index (χ0v) is 29.5. The van der Waals surface area contributed by atoms with E-state index in [-0.39, 0.29) is 37.3 Å². The summed E-state index contributed by atoms with van der Waals surface area (Å²) in [6, 6.07) is 13.1. The molecule has 2 saturated heterocycles. The fourth-order valence-electron chi connectivity index (χ4n) is 7.15. The average Bonchev–Trinajstić information content (AvgIpc) is 3.72. The molecule has 2 fully saturated rings. The van der Waals surface area contributed by atoms with Crippen molar-refractivity contribution in [1.29, 1.82) is 0 Å². The normalized spacial score (nSPS) is 29.6. The molecule has 10 atom stereocenters. The molecule has 16 nitrogen and oxygen atoms in total. The van der Waals surface area contributed by atoms with E-state index in [1.807, 2.05) is 24.3 Å². The van der Waals surface area contributed by atoms with Gasteiger partial charge >= 0.3 is 5.97 Å². The molecule has 1 spiro atoms. The summed E-state index contributed by atoms with van der Waals surface area (Å²) in [4.78, 5) is 40.2. The first kappa shape index (κ1) is 39.6. The lowest BCUT2D eigenvalue weighted by Gasteiger charge is -2.39. The van der Waals surface area contributed by atoms with Crippen molar-refractivity contribution in [3.05, 3.63) is 88.5 Å². The van der Waals surface area contributed by atoms with E-state index in [0.29, 0.717) is 18.4 Å². The number of aliphatic hydroxyl groups excluding tert-OH is 6. The number of fused-ring (bicyclic) bond motifs is 2. The van der Waals surface area contributed by atoms with E-state index in [2.05, 4.69) is 10.6 Å². The maximum Gasteiger partial charge on any atom is 0.339 e. The van der Waals surface area contributed by atoms with Gasteiger partial charge in [0.1, 0.15) is 48.8 Å². The van der Waals surface area contributed by atoms with Crippen LogP contribution in [0.3, 0.4) is 0 Å². The maximum absolute atomic E-state index is 13.9. The maximum atomic E-state index is 13.9. The number of benzene rings is 2. The molecule has 2 amide bonds. The Morgan fingerprint density at radius 1 is 0.981 bits per heavy atom. The van der Waals surface area contributed by atoms with Crippen LogP contribution in [0.15, 0.2) is 66.3 Å². The lowest BCUT2D eigenvalue weighted by Crippen LogP contribution is -2.59. The average molecular weight is 755 g/mol. The van der Waals surface area contributed by atoms with Crippen molar-refractivity contribution in [3.8, 4) is 0 Å². The number of hydrogen-bond acceptors (Lipinski definition) is 14. The third-order valence-corrected chi connectivity index (χ3v) is 9.91. The van der Waals surface area contributed by atoms with Crippen LogP contribution in [-0.2, 0) is 46.1 Å². The molecule has 4 aliphatic rings. The van der Waals surface area contributed by atoms with Crippen molar-refractivity contribution in [2.45, 2.75) is 93.1 Å². The number of aliphatic hydroxyl groups is 6. The molecule has 2 aromatic carbocycles. The minimum atomic E-state index is -1.59. The van der Waals surface area contributed by atoms with Crippen LogP contribution in [0.2, 0.25) is 0 Å². The van der Waals surface area contributed by atoms with Crippen LogP contribution in [0.4, 0.5) is 0 Å². The molecule has 16 heteroatoms. The first-order valence-electron chi connectivity index (χ1n) is 17.8. The van der Waals surface area contributed by atoms with E-state index >= 15 is 0 Å². The first-order chi connectivity index (χ1) is 25.9.